The number of nitrogens with two attached hydrogens (primary N) is 1. The van der Waals surface area contributed by atoms with Gasteiger partial charge in [0.15, 0.2) is 0 Å². The van der Waals surface area contributed by atoms with Gasteiger partial charge < -0.3 is 11.1 Å². The number of aryl methyl sites for hydroxylation is 1. The van der Waals surface area contributed by atoms with E-state index in [1.54, 1.807) is 19.1 Å². The maximum absolute atomic E-state index is 12.4. The number of benzene rings is 1. The number of rotatable bonds is 5. The normalized spacial score (nSPS) is 15.3. The second-order valence-corrected chi connectivity index (χ2v) is 7.14. The van der Waals surface area contributed by atoms with Crippen LogP contribution in [0.25, 0.3) is 0 Å². The van der Waals surface area contributed by atoms with Crippen LogP contribution in [0.3, 0.4) is 0 Å². The summed E-state index contributed by atoms with van der Waals surface area (Å²) in [5, 5.41) is 2.76. The first kappa shape index (κ1) is 14.8. The molecule has 0 aliphatic heterocycles. The smallest absolute Gasteiger partial charge is 0.243 e. The number of sulfonamides is 1. The fourth-order valence-corrected chi connectivity index (χ4v) is 3.23. The van der Waals surface area contributed by atoms with Gasteiger partial charge in [0.05, 0.1) is 11.4 Å². The molecule has 110 valence electrons. The first-order valence-electron chi connectivity index (χ1n) is 6.42. The number of anilines is 1. The zero-order chi connectivity index (χ0) is 14.9. The lowest BCUT2D eigenvalue weighted by molar-refractivity contribution is -0.121. The van der Waals surface area contributed by atoms with Gasteiger partial charge in [0.1, 0.15) is 0 Å². The van der Waals surface area contributed by atoms with Crippen LogP contribution >= 0.6 is 0 Å². The molecule has 7 heteroatoms. The number of nitrogen functional groups attached to an aromatic ring is 1. The molecular weight excluding hydrogens is 278 g/mol. The Morgan fingerprint density at radius 1 is 1.45 bits per heavy atom. The molecule has 6 nitrogen and oxygen atoms in total. The lowest BCUT2D eigenvalue weighted by Crippen LogP contribution is -2.39. The van der Waals surface area contributed by atoms with Crippen molar-refractivity contribution >= 4 is 21.6 Å². The highest BCUT2D eigenvalue weighted by Gasteiger charge is 2.28. The minimum atomic E-state index is -3.71. The summed E-state index contributed by atoms with van der Waals surface area (Å²) in [6.45, 7) is 1.51. The Morgan fingerprint density at radius 2 is 2.10 bits per heavy atom. The molecule has 1 saturated carbocycles. The first-order valence-corrected chi connectivity index (χ1v) is 7.86. The van der Waals surface area contributed by atoms with Crippen molar-refractivity contribution in [1.29, 1.82) is 0 Å². The minimum Gasteiger partial charge on any atom is -0.399 e. The second kappa shape index (κ2) is 5.41. The Hall–Kier alpha value is -1.60. The van der Waals surface area contributed by atoms with Crippen molar-refractivity contribution in [2.24, 2.45) is 0 Å². The number of amides is 1. The molecule has 0 aromatic heterocycles. The van der Waals surface area contributed by atoms with Crippen molar-refractivity contribution in [2.45, 2.75) is 30.7 Å². The van der Waals surface area contributed by atoms with Crippen LogP contribution in [0.5, 0.6) is 0 Å². The number of nitrogens with zero attached hydrogens (tertiary/aromatic N) is 1. The molecule has 0 spiro atoms. The standard InChI is InChI=1S/C13H19N3O3S/c1-9-3-4-10(14)7-12(9)20(18,19)16(2)8-13(17)15-11-5-6-11/h3-4,7,11H,5-6,8,14H2,1-2H3,(H,15,17). The number of hydrogen-bond donors (Lipinski definition) is 2. The average molecular weight is 297 g/mol. The van der Waals surface area contributed by atoms with Gasteiger partial charge in [0.25, 0.3) is 0 Å². The minimum absolute atomic E-state index is 0.138. The highest BCUT2D eigenvalue weighted by atomic mass is 32.2. The Labute approximate surface area is 119 Å². The molecule has 0 radical (unpaired) electrons. The van der Waals surface area contributed by atoms with Crippen LogP contribution < -0.4 is 11.1 Å². The van der Waals surface area contributed by atoms with E-state index >= 15 is 0 Å². The van der Waals surface area contributed by atoms with Gasteiger partial charge in [0, 0.05) is 18.8 Å². The van der Waals surface area contributed by atoms with E-state index in [-0.39, 0.29) is 23.4 Å². The zero-order valence-corrected chi connectivity index (χ0v) is 12.4. The highest BCUT2D eigenvalue weighted by Crippen LogP contribution is 2.22. The van der Waals surface area contributed by atoms with Crippen molar-refractivity contribution in [3.63, 3.8) is 0 Å². The van der Waals surface area contributed by atoms with Crippen LogP contribution in [0.4, 0.5) is 5.69 Å². The van der Waals surface area contributed by atoms with Gasteiger partial charge in [-0.2, -0.15) is 4.31 Å². The topological polar surface area (TPSA) is 92.5 Å². The second-order valence-electron chi connectivity index (χ2n) is 5.13. The van der Waals surface area contributed by atoms with Crippen LogP contribution in [0.15, 0.2) is 23.1 Å². The van der Waals surface area contributed by atoms with E-state index in [2.05, 4.69) is 5.32 Å². The summed E-state index contributed by atoms with van der Waals surface area (Å²) in [7, 11) is -2.32. The number of carbonyl (C=O) groups is 1. The Morgan fingerprint density at radius 3 is 2.70 bits per heavy atom. The van der Waals surface area contributed by atoms with Crippen molar-refractivity contribution in [1.82, 2.24) is 9.62 Å². The third-order valence-electron chi connectivity index (χ3n) is 3.21. The quantitative estimate of drug-likeness (QED) is 0.773. The summed E-state index contributed by atoms with van der Waals surface area (Å²) in [4.78, 5) is 11.8. The predicted molar refractivity (Wildman–Crippen MR) is 76.6 cm³/mol. The predicted octanol–water partition coefficient (Wildman–Crippen LogP) is 0.476. The van der Waals surface area contributed by atoms with Crippen LogP contribution in [-0.2, 0) is 14.8 Å². The molecule has 2 rings (SSSR count). The van der Waals surface area contributed by atoms with E-state index in [0.29, 0.717) is 11.3 Å². The third-order valence-corrected chi connectivity index (χ3v) is 5.15. The summed E-state index contributed by atoms with van der Waals surface area (Å²) >= 11 is 0. The van der Waals surface area contributed by atoms with Gasteiger partial charge in [-0.15, -0.1) is 0 Å². The van der Waals surface area contributed by atoms with Crippen LogP contribution in [0.2, 0.25) is 0 Å². The fraction of sp³-hybridized carbons (Fsp3) is 0.462. The summed E-state index contributed by atoms with van der Waals surface area (Å²) in [6, 6.07) is 4.93. The molecule has 0 atom stereocenters. The van der Waals surface area contributed by atoms with Crippen LogP contribution in [0, 0.1) is 6.92 Å². The molecule has 1 aromatic rings. The molecule has 0 saturated heterocycles. The summed E-state index contributed by atoms with van der Waals surface area (Å²) in [6.07, 6.45) is 1.94. The first-order chi connectivity index (χ1) is 9.30. The molecule has 3 N–H and O–H groups in total. The van der Waals surface area contributed by atoms with E-state index in [1.165, 1.54) is 13.1 Å². The molecule has 20 heavy (non-hydrogen) atoms. The third kappa shape index (κ3) is 3.29. The maximum Gasteiger partial charge on any atom is 0.243 e. The number of nitrogens with one attached hydrogen (secondary N) is 1. The Bertz CT molecular complexity index is 624. The van der Waals surface area contributed by atoms with E-state index in [1.807, 2.05) is 0 Å². The number of likely N-dealkylation sites (N-methyl/N-ethyl adjacent to an activating group) is 1. The van der Waals surface area contributed by atoms with E-state index in [9.17, 15) is 13.2 Å². The van der Waals surface area contributed by atoms with Gasteiger partial charge in [-0.05, 0) is 37.5 Å². The van der Waals surface area contributed by atoms with Crippen LogP contribution in [-0.4, -0.2) is 38.3 Å². The summed E-state index contributed by atoms with van der Waals surface area (Å²) in [5.74, 6) is -0.278. The molecule has 1 aliphatic rings. The fourth-order valence-electron chi connectivity index (χ4n) is 1.85. The molecule has 0 unspecified atom stereocenters. The van der Waals surface area contributed by atoms with Gasteiger partial charge in [-0.25, -0.2) is 8.42 Å². The Balaban J connectivity index is 2.15. The molecule has 0 heterocycles. The molecule has 1 aliphatic carbocycles. The number of carbonyl (C=O) groups excluding carboxylic acids is 1. The van der Waals surface area contributed by atoms with Gasteiger partial charge in [-0.3, -0.25) is 4.79 Å². The molecule has 1 aromatic carbocycles. The molecule has 1 fully saturated rings. The van der Waals surface area contributed by atoms with Crippen molar-refractivity contribution in [2.75, 3.05) is 19.3 Å². The molecule has 1 amide bonds. The largest absolute Gasteiger partial charge is 0.399 e. The van der Waals surface area contributed by atoms with E-state index in [0.717, 1.165) is 17.1 Å². The molecular formula is C13H19N3O3S. The SMILES string of the molecule is Cc1ccc(N)cc1S(=O)(=O)N(C)CC(=O)NC1CC1. The van der Waals surface area contributed by atoms with Gasteiger partial charge in [-0.1, -0.05) is 6.07 Å². The van der Waals surface area contributed by atoms with Crippen molar-refractivity contribution < 1.29 is 13.2 Å². The van der Waals surface area contributed by atoms with Crippen LogP contribution in [0.1, 0.15) is 18.4 Å². The lowest BCUT2D eigenvalue weighted by atomic mass is 10.2. The summed E-state index contributed by atoms with van der Waals surface area (Å²) < 4.78 is 25.9. The lowest BCUT2D eigenvalue weighted by Gasteiger charge is -2.18. The number of hydrogen-bond acceptors (Lipinski definition) is 4. The zero-order valence-electron chi connectivity index (χ0n) is 11.6. The van der Waals surface area contributed by atoms with Gasteiger partial charge >= 0.3 is 0 Å². The maximum atomic E-state index is 12.4. The Kier molecular flexibility index (Phi) is 4.01. The molecule has 0 bridgehead atoms. The van der Waals surface area contributed by atoms with E-state index in [4.69, 9.17) is 5.73 Å². The van der Waals surface area contributed by atoms with E-state index < -0.39 is 10.0 Å². The van der Waals surface area contributed by atoms with Gasteiger partial charge in [0.2, 0.25) is 15.9 Å². The highest BCUT2D eigenvalue weighted by molar-refractivity contribution is 7.89. The average Bonchev–Trinajstić information content (AvgIpc) is 3.15. The van der Waals surface area contributed by atoms with Crippen molar-refractivity contribution in [3.8, 4) is 0 Å². The monoisotopic (exact) mass is 297 g/mol. The summed E-state index contributed by atoms with van der Waals surface area (Å²) in [5.41, 5.74) is 6.62. The van der Waals surface area contributed by atoms with Crippen molar-refractivity contribution in [3.05, 3.63) is 23.8 Å².